The predicted molar refractivity (Wildman–Crippen MR) is 78.0 cm³/mol. The van der Waals surface area contributed by atoms with Gasteiger partial charge in [-0.1, -0.05) is 0 Å². The van der Waals surface area contributed by atoms with E-state index in [1.54, 1.807) is 14.0 Å². The summed E-state index contributed by atoms with van der Waals surface area (Å²) in [6.07, 6.45) is 0. The molecule has 0 radical (unpaired) electrons. The highest BCUT2D eigenvalue weighted by Crippen LogP contribution is 2.26. The molecule has 1 aromatic carbocycles. The van der Waals surface area contributed by atoms with Crippen molar-refractivity contribution in [2.45, 2.75) is 12.3 Å². The fourth-order valence-electron chi connectivity index (χ4n) is 1.43. The van der Waals surface area contributed by atoms with Crippen LogP contribution in [-0.4, -0.2) is 23.4 Å². The molecule has 0 spiro atoms. The molecule has 1 aromatic heterocycles. The molecule has 100 valence electrons. The summed E-state index contributed by atoms with van der Waals surface area (Å²) in [6, 6.07) is 7.58. The second kappa shape index (κ2) is 6.04. The Morgan fingerprint density at radius 1 is 1.42 bits per heavy atom. The quantitative estimate of drug-likeness (QED) is 0.880. The van der Waals surface area contributed by atoms with E-state index in [0.717, 1.165) is 17.0 Å². The number of hydrogen-bond acceptors (Lipinski definition) is 4. The largest absolute Gasteiger partial charge is 0.497 e. The summed E-state index contributed by atoms with van der Waals surface area (Å²) in [5, 5.41) is 4.52. The molecule has 1 amide bonds. The van der Waals surface area contributed by atoms with Crippen molar-refractivity contribution in [3.05, 3.63) is 29.6 Å². The normalized spacial score (nSPS) is 11.9. The average molecular weight is 297 g/mol. The number of nitrogens with zero attached hydrogens (tertiary/aromatic N) is 1. The number of carbonyl (C=O) groups is 1. The van der Waals surface area contributed by atoms with E-state index in [0.29, 0.717) is 5.13 Å². The Morgan fingerprint density at radius 2 is 2.11 bits per heavy atom. The summed E-state index contributed by atoms with van der Waals surface area (Å²) in [5.74, 6) is 0.542. The first kappa shape index (κ1) is 13.8. The van der Waals surface area contributed by atoms with E-state index in [4.69, 9.17) is 16.3 Å². The molecule has 0 aliphatic rings. The van der Waals surface area contributed by atoms with Gasteiger partial charge in [0.05, 0.1) is 12.8 Å². The zero-order chi connectivity index (χ0) is 13.8. The first-order valence-electron chi connectivity index (χ1n) is 5.65. The van der Waals surface area contributed by atoms with Crippen LogP contribution in [0.25, 0.3) is 11.3 Å². The molecule has 0 fully saturated rings. The molecule has 0 aliphatic carbocycles. The lowest BCUT2D eigenvalue weighted by atomic mass is 10.2. The summed E-state index contributed by atoms with van der Waals surface area (Å²) in [4.78, 5) is 15.8. The van der Waals surface area contributed by atoms with E-state index in [1.165, 1.54) is 11.3 Å². The molecule has 19 heavy (non-hydrogen) atoms. The van der Waals surface area contributed by atoms with Crippen LogP contribution in [0.5, 0.6) is 5.75 Å². The highest BCUT2D eigenvalue weighted by Gasteiger charge is 2.12. The third kappa shape index (κ3) is 3.45. The fourth-order valence-corrected chi connectivity index (χ4v) is 2.21. The van der Waals surface area contributed by atoms with E-state index in [2.05, 4.69) is 10.3 Å². The third-order valence-electron chi connectivity index (χ3n) is 2.48. The summed E-state index contributed by atoms with van der Waals surface area (Å²) < 4.78 is 5.10. The van der Waals surface area contributed by atoms with E-state index >= 15 is 0 Å². The number of ether oxygens (including phenoxy) is 1. The summed E-state index contributed by atoms with van der Waals surface area (Å²) in [7, 11) is 1.62. The van der Waals surface area contributed by atoms with Gasteiger partial charge in [-0.15, -0.1) is 22.9 Å². The van der Waals surface area contributed by atoms with Gasteiger partial charge in [0.2, 0.25) is 5.91 Å². The summed E-state index contributed by atoms with van der Waals surface area (Å²) in [5.41, 5.74) is 1.78. The monoisotopic (exact) mass is 296 g/mol. The molecule has 6 heteroatoms. The minimum absolute atomic E-state index is 0.253. The number of thiazole rings is 1. The minimum Gasteiger partial charge on any atom is -0.497 e. The van der Waals surface area contributed by atoms with Gasteiger partial charge in [0.1, 0.15) is 11.1 Å². The zero-order valence-electron chi connectivity index (χ0n) is 10.5. The lowest BCUT2D eigenvalue weighted by Gasteiger charge is -2.02. The van der Waals surface area contributed by atoms with Crippen LogP contribution in [0.1, 0.15) is 6.92 Å². The number of alkyl halides is 1. The molecule has 2 aromatic rings. The van der Waals surface area contributed by atoms with Crippen LogP contribution < -0.4 is 10.1 Å². The molecule has 0 aliphatic heterocycles. The van der Waals surface area contributed by atoms with Crippen molar-refractivity contribution in [1.29, 1.82) is 0 Å². The molecule has 0 unspecified atom stereocenters. The number of benzene rings is 1. The number of hydrogen-bond donors (Lipinski definition) is 1. The number of rotatable bonds is 4. The topological polar surface area (TPSA) is 51.2 Å². The lowest BCUT2D eigenvalue weighted by molar-refractivity contribution is -0.115. The Hall–Kier alpha value is -1.59. The van der Waals surface area contributed by atoms with Crippen molar-refractivity contribution >= 4 is 34.0 Å². The number of halogens is 1. The van der Waals surface area contributed by atoms with Crippen LogP contribution in [0.3, 0.4) is 0 Å². The highest BCUT2D eigenvalue weighted by molar-refractivity contribution is 7.14. The molecule has 0 saturated heterocycles. The van der Waals surface area contributed by atoms with Crippen LogP contribution in [0, 0.1) is 0 Å². The Morgan fingerprint density at radius 3 is 2.68 bits per heavy atom. The Labute approximate surface area is 120 Å². The smallest absolute Gasteiger partial charge is 0.243 e. The molecule has 1 atom stereocenters. The lowest BCUT2D eigenvalue weighted by Crippen LogP contribution is -2.20. The first-order valence-corrected chi connectivity index (χ1v) is 6.96. The Bertz CT molecular complexity index is 566. The SMILES string of the molecule is COc1ccc(-c2csc(NC(=O)[C@H](C)Cl)n2)cc1. The number of carbonyl (C=O) groups excluding carboxylic acids is 1. The van der Waals surface area contributed by atoms with E-state index in [9.17, 15) is 4.79 Å². The van der Waals surface area contributed by atoms with Crippen molar-refractivity contribution in [1.82, 2.24) is 4.98 Å². The van der Waals surface area contributed by atoms with Gasteiger partial charge in [-0.25, -0.2) is 4.98 Å². The van der Waals surface area contributed by atoms with Crippen molar-refractivity contribution in [3.63, 3.8) is 0 Å². The van der Waals surface area contributed by atoms with Crippen molar-refractivity contribution < 1.29 is 9.53 Å². The van der Waals surface area contributed by atoms with Gasteiger partial charge in [0.25, 0.3) is 0 Å². The second-order valence-corrected chi connectivity index (χ2v) is 5.38. The third-order valence-corrected chi connectivity index (χ3v) is 3.44. The number of methoxy groups -OCH3 is 1. The van der Waals surface area contributed by atoms with E-state index < -0.39 is 5.38 Å². The van der Waals surface area contributed by atoms with Gasteiger partial charge in [0.15, 0.2) is 5.13 Å². The van der Waals surface area contributed by atoms with Gasteiger partial charge in [-0.3, -0.25) is 4.79 Å². The Kier molecular flexibility index (Phi) is 4.39. The maximum Gasteiger partial charge on any atom is 0.243 e. The van der Waals surface area contributed by atoms with Crippen LogP contribution >= 0.6 is 22.9 Å². The maximum absolute atomic E-state index is 11.4. The predicted octanol–water partition coefficient (Wildman–Crippen LogP) is 3.38. The molecule has 0 bridgehead atoms. The number of amides is 1. The summed E-state index contributed by atoms with van der Waals surface area (Å²) in [6.45, 7) is 1.62. The first-order chi connectivity index (χ1) is 9.10. The van der Waals surface area contributed by atoms with Gasteiger partial charge in [-0.05, 0) is 31.2 Å². The van der Waals surface area contributed by atoms with Crippen LogP contribution in [-0.2, 0) is 4.79 Å². The van der Waals surface area contributed by atoms with E-state index in [1.807, 2.05) is 29.6 Å². The van der Waals surface area contributed by atoms with Crippen LogP contribution in [0.15, 0.2) is 29.6 Å². The van der Waals surface area contributed by atoms with Gasteiger partial charge >= 0.3 is 0 Å². The van der Waals surface area contributed by atoms with Crippen molar-refractivity contribution in [2.75, 3.05) is 12.4 Å². The molecular formula is C13H13ClN2O2S. The second-order valence-electron chi connectivity index (χ2n) is 3.87. The molecule has 2 rings (SSSR count). The molecular weight excluding hydrogens is 284 g/mol. The van der Waals surface area contributed by atoms with E-state index in [-0.39, 0.29) is 5.91 Å². The summed E-state index contributed by atoms with van der Waals surface area (Å²) >= 11 is 7.05. The zero-order valence-corrected chi connectivity index (χ0v) is 12.1. The van der Waals surface area contributed by atoms with Crippen molar-refractivity contribution in [3.8, 4) is 17.0 Å². The van der Waals surface area contributed by atoms with Crippen LogP contribution in [0.2, 0.25) is 0 Å². The highest BCUT2D eigenvalue weighted by atomic mass is 35.5. The molecule has 4 nitrogen and oxygen atoms in total. The number of nitrogens with one attached hydrogen (secondary N) is 1. The number of aromatic nitrogens is 1. The van der Waals surface area contributed by atoms with Gasteiger partial charge in [0, 0.05) is 10.9 Å². The van der Waals surface area contributed by atoms with Gasteiger partial charge in [-0.2, -0.15) is 0 Å². The number of anilines is 1. The maximum atomic E-state index is 11.4. The minimum atomic E-state index is -0.576. The van der Waals surface area contributed by atoms with Gasteiger partial charge < -0.3 is 10.1 Å². The molecule has 1 heterocycles. The standard InChI is InChI=1S/C13H13ClN2O2S/c1-8(14)12(17)16-13-15-11(7-19-13)9-3-5-10(18-2)6-4-9/h3-8H,1-2H3,(H,15,16,17)/t8-/m0/s1. The van der Waals surface area contributed by atoms with Crippen LogP contribution in [0.4, 0.5) is 5.13 Å². The molecule has 0 saturated carbocycles. The molecule has 1 N–H and O–H groups in total. The Balaban J connectivity index is 2.13. The van der Waals surface area contributed by atoms with Crippen molar-refractivity contribution in [2.24, 2.45) is 0 Å². The fraction of sp³-hybridized carbons (Fsp3) is 0.231. The average Bonchev–Trinajstić information content (AvgIpc) is 2.87.